The summed E-state index contributed by atoms with van der Waals surface area (Å²) in [5, 5.41) is 15.4. The molecule has 7 heteroatoms. The van der Waals surface area contributed by atoms with Crippen molar-refractivity contribution in [3.05, 3.63) is 11.7 Å². The van der Waals surface area contributed by atoms with Crippen molar-refractivity contribution in [3.63, 3.8) is 0 Å². The van der Waals surface area contributed by atoms with Crippen molar-refractivity contribution < 1.29 is 19.2 Å². The van der Waals surface area contributed by atoms with E-state index in [0.29, 0.717) is 24.6 Å². The van der Waals surface area contributed by atoms with Gasteiger partial charge in [0, 0.05) is 19.3 Å². The van der Waals surface area contributed by atoms with Gasteiger partial charge in [-0.25, -0.2) is 4.79 Å². The highest BCUT2D eigenvalue weighted by Crippen LogP contribution is 2.05. The lowest BCUT2D eigenvalue weighted by molar-refractivity contribution is -0.142. The minimum Gasteiger partial charge on any atom is -0.480 e. The van der Waals surface area contributed by atoms with Crippen molar-refractivity contribution in [1.82, 2.24) is 15.5 Å². The van der Waals surface area contributed by atoms with Gasteiger partial charge in [0.25, 0.3) is 0 Å². The third-order valence-electron chi connectivity index (χ3n) is 3.03. The molecular formula is C14H23N3O4. The fraction of sp³-hybridized carbons (Fsp3) is 0.714. The van der Waals surface area contributed by atoms with Gasteiger partial charge in [0.05, 0.1) is 0 Å². The molecule has 0 aliphatic heterocycles. The summed E-state index contributed by atoms with van der Waals surface area (Å²) in [6.07, 6.45) is 4.24. The number of rotatable bonds is 10. The van der Waals surface area contributed by atoms with Gasteiger partial charge in [0.15, 0.2) is 5.82 Å². The molecule has 0 fully saturated rings. The molecule has 1 aromatic rings. The van der Waals surface area contributed by atoms with Crippen LogP contribution in [0, 0.1) is 0 Å². The Morgan fingerprint density at radius 2 is 2.05 bits per heavy atom. The highest BCUT2D eigenvalue weighted by Gasteiger charge is 2.19. The number of carbonyl (C=O) groups is 2. The Kier molecular flexibility index (Phi) is 7.42. The first-order valence-corrected chi connectivity index (χ1v) is 7.40. The van der Waals surface area contributed by atoms with Crippen molar-refractivity contribution in [3.8, 4) is 0 Å². The van der Waals surface area contributed by atoms with E-state index in [9.17, 15) is 9.59 Å². The van der Waals surface area contributed by atoms with E-state index >= 15 is 0 Å². The van der Waals surface area contributed by atoms with Gasteiger partial charge in [0.2, 0.25) is 11.8 Å². The van der Waals surface area contributed by atoms with E-state index in [1.54, 1.807) is 0 Å². The maximum absolute atomic E-state index is 11.8. The molecule has 0 aliphatic rings. The van der Waals surface area contributed by atoms with E-state index in [2.05, 4.69) is 15.5 Å². The van der Waals surface area contributed by atoms with E-state index in [1.165, 1.54) is 0 Å². The third kappa shape index (κ3) is 6.37. The zero-order chi connectivity index (χ0) is 15.7. The predicted molar refractivity (Wildman–Crippen MR) is 75.7 cm³/mol. The zero-order valence-corrected chi connectivity index (χ0v) is 12.6. The van der Waals surface area contributed by atoms with E-state index in [1.807, 2.05) is 13.8 Å². The topological polar surface area (TPSA) is 105 Å². The smallest absolute Gasteiger partial charge is 0.326 e. The Bertz CT molecular complexity index is 459. The Hall–Kier alpha value is -1.92. The molecule has 21 heavy (non-hydrogen) atoms. The maximum Gasteiger partial charge on any atom is 0.326 e. The van der Waals surface area contributed by atoms with E-state index < -0.39 is 12.0 Å². The number of nitrogens with one attached hydrogen (secondary N) is 1. The molecule has 1 rings (SSSR count). The number of carboxylic acids is 1. The highest BCUT2D eigenvalue weighted by atomic mass is 16.5. The maximum atomic E-state index is 11.8. The van der Waals surface area contributed by atoms with Crippen LogP contribution in [0.2, 0.25) is 0 Å². The fourth-order valence-electron chi connectivity index (χ4n) is 1.87. The first-order valence-electron chi connectivity index (χ1n) is 7.40. The number of carbonyl (C=O) groups excluding carboxylic acids is 1. The molecule has 0 aromatic carbocycles. The molecule has 0 radical (unpaired) electrons. The van der Waals surface area contributed by atoms with Crippen LogP contribution < -0.4 is 5.32 Å². The minimum absolute atomic E-state index is 0.143. The van der Waals surface area contributed by atoms with E-state index in [0.717, 1.165) is 25.7 Å². The van der Waals surface area contributed by atoms with Crippen LogP contribution in [0.4, 0.5) is 0 Å². The number of nitrogens with zero attached hydrogens (tertiary/aromatic N) is 2. The number of hydrogen-bond acceptors (Lipinski definition) is 5. The van der Waals surface area contributed by atoms with Crippen molar-refractivity contribution in [2.75, 3.05) is 0 Å². The highest BCUT2D eigenvalue weighted by molar-refractivity contribution is 5.83. The molecule has 0 saturated carbocycles. The average molecular weight is 297 g/mol. The standard InChI is InChI=1S/C14H23N3O4/c1-3-5-7-10(14(19)20)15-12(18)8-9-13-16-11(6-4-2)17-21-13/h10H,3-9H2,1-2H3,(H,15,18)(H,19,20)/t10-/m0/s1. The summed E-state index contributed by atoms with van der Waals surface area (Å²) < 4.78 is 5.03. The molecule has 118 valence electrons. The molecule has 0 saturated heterocycles. The Morgan fingerprint density at radius 1 is 1.29 bits per heavy atom. The van der Waals surface area contributed by atoms with E-state index in [-0.39, 0.29) is 12.3 Å². The zero-order valence-electron chi connectivity index (χ0n) is 12.6. The molecule has 0 spiro atoms. The van der Waals surface area contributed by atoms with Crippen molar-refractivity contribution >= 4 is 11.9 Å². The van der Waals surface area contributed by atoms with Crippen molar-refractivity contribution in [2.45, 2.75) is 64.8 Å². The number of carboxylic acid groups (broad SMARTS) is 1. The SMILES string of the molecule is CCCC[C@H](NC(=O)CCc1nc(CCC)no1)C(=O)O. The van der Waals surface area contributed by atoms with Gasteiger partial charge < -0.3 is 14.9 Å². The lowest BCUT2D eigenvalue weighted by Crippen LogP contribution is -2.40. The van der Waals surface area contributed by atoms with E-state index in [4.69, 9.17) is 9.63 Å². The number of unbranched alkanes of at least 4 members (excludes halogenated alkanes) is 1. The fourth-order valence-corrected chi connectivity index (χ4v) is 1.87. The van der Waals surface area contributed by atoms with Crippen LogP contribution >= 0.6 is 0 Å². The van der Waals surface area contributed by atoms with Gasteiger partial charge in [0.1, 0.15) is 6.04 Å². The van der Waals surface area contributed by atoms with Crippen LogP contribution in [0.5, 0.6) is 0 Å². The minimum atomic E-state index is -1.00. The summed E-state index contributed by atoms with van der Waals surface area (Å²) in [5.74, 6) is -0.262. The largest absolute Gasteiger partial charge is 0.480 e. The van der Waals surface area contributed by atoms with Crippen LogP contribution in [0.3, 0.4) is 0 Å². The Morgan fingerprint density at radius 3 is 2.67 bits per heavy atom. The first kappa shape index (κ1) is 17.1. The lowest BCUT2D eigenvalue weighted by Gasteiger charge is -2.13. The summed E-state index contributed by atoms with van der Waals surface area (Å²) >= 11 is 0. The van der Waals surface area contributed by atoms with Gasteiger partial charge in [-0.3, -0.25) is 4.79 Å². The van der Waals surface area contributed by atoms with Gasteiger partial charge in [-0.2, -0.15) is 4.98 Å². The van der Waals surface area contributed by atoms with Crippen LogP contribution in [0.1, 0.15) is 57.7 Å². The Labute approximate surface area is 124 Å². The summed E-state index contributed by atoms with van der Waals surface area (Å²) in [4.78, 5) is 27.0. The van der Waals surface area contributed by atoms with Crippen molar-refractivity contribution in [1.29, 1.82) is 0 Å². The predicted octanol–water partition coefficient (Wildman–Crippen LogP) is 1.71. The molecule has 0 aliphatic carbocycles. The second-order valence-corrected chi connectivity index (χ2v) is 4.95. The molecule has 1 heterocycles. The summed E-state index contributed by atoms with van der Waals surface area (Å²) in [5.41, 5.74) is 0. The normalized spacial score (nSPS) is 12.1. The van der Waals surface area contributed by atoms with Crippen LogP contribution in [0.25, 0.3) is 0 Å². The monoisotopic (exact) mass is 297 g/mol. The quantitative estimate of drug-likeness (QED) is 0.681. The summed E-state index contributed by atoms with van der Waals surface area (Å²) in [6.45, 7) is 4.00. The van der Waals surface area contributed by atoms with Gasteiger partial charge in [-0.15, -0.1) is 0 Å². The molecule has 1 atom stereocenters. The van der Waals surface area contributed by atoms with Gasteiger partial charge in [-0.1, -0.05) is 31.8 Å². The number of amides is 1. The van der Waals surface area contributed by atoms with Crippen molar-refractivity contribution in [2.24, 2.45) is 0 Å². The molecular weight excluding hydrogens is 274 g/mol. The first-order chi connectivity index (χ1) is 10.1. The molecule has 0 bridgehead atoms. The summed E-state index contributed by atoms with van der Waals surface area (Å²) in [6, 6.07) is -0.823. The molecule has 2 N–H and O–H groups in total. The number of aryl methyl sites for hydroxylation is 2. The second-order valence-electron chi connectivity index (χ2n) is 4.95. The third-order valence-corrected chi connectivity index (χ3v) is 3.03. The number of aromatic nitrogens is 2. The molecule has 1 aromatic heterocycles. The van der Waals surface area contributed by atoms with Crippen LogP contribution in [-0.4, -0.2) is 33.2 Å². The number of hydrogen-bond donors (Lipinski definition) is 2. The van der Waals surface area contributed by atoms with Gasteiger partial charge >= 0.3 is 5.97 Å². The average Bonchev–Trinajstić information content (AvgIpc) is 2.89. The van der Waals surface area contributed by atoms with Gasteiger partial charge in [-0.05, 0) is 12.8 Å². The lowest BCUT2D eigenvalue weighted by atomic mass is 10.1. The Balaban J connectivity index is 2.39. The van der Waals surface area contributed by atoms with Crippen LogP contribution in [-0.2, 0) is 22.4 Å². The number of aliphatic carboxylic acids is 1. The van der Waals surface area contributed by atoms with Crippen LogP contribution in [0.15, 0.2) is 4.52 Å². The molecule has 7 nitrogen and oxygen atoms in total. The summed E-state index contributed by atoms with van der Waals surface area (Å²) in [7, 11) is 0. The molecule has 1 amide bonds. The second kappa shape index (κ2) is 9.10. The molecule has 0 unspecified atom stereocenters.